The maximum Gasteiger partial charge on any atom is 0.0771 e. The lowest BCUT2D eigenvalue weighted by Crippen LogP contribution is -1.94. The van der Waals surface area contributed by atoms with Gasteiger partial charge in [-0.2, -0.15) is 0 Å². The van der Waals surface area contributed by atoms with E-state index in [1.807, 2.05) is 0 Å². The van der Waals surface area contributed by atoms with E-state index in [0.29, 0.717) is 0 Å². The molecule has 0 amide bonds. The number of aryl methyl sites for hydroxylation is 8. The lowest BCUT2D eigenvalue weighted by atomic mass is 9.88. The highest BCUT2D eigenvalue weighted by atomic mass is 14.8. The number of aromatic nitrogens is 8. The van der Waals surface area contributed by atoms with E-state index >= 15 is 0 Å². The average Bonchev–Trinajstić information content (AvgIpc) is 1.51. The molecular weight excluding hydrogens is 1050 g/mol. The summed E-state index contributed by atoms with van der Waals surface area (Å²) in [5.74, 6) is 0. The normalized spacial score (nSPS) is 13.8. The Balaban J connectivity index is 1.18. The smallest absolute Gasteiger partial charge is 0.0771 e. The van der Waals surface area contributed by atoms with Crippen LogP contribution in [0.5, 0.6) is 0 Å². The molecule has 86 heavy (non-hydrogen) atoms. The van der Waals surface area contributed by atoms with Crippen molar-refractivity contribution in [3.05, 3.63) is 175 Å². The summed E-state index contributed by atoms with van der Waals surface area (Å²) < 4.78 is 0. The van der Waals surface area contributed by atoms with Gasteiger partial charge in [0.25, 0.3) is 0 Å². The van der Waals surface area contributed by atoms with Crippen molar-refractivity contribution in [1.82, 2.24) is 39.9 Å². The highest BCUT2D eigenvalue weighted by molar-refractivity contribution is 6.15. The predicted octanol–water partition coefficient (Wildman–Crippen LogP) is 21.4. The molecule has 0 saturated heterocycles. The van der Waals surface area contributed by atoms with Gasteiger partial charge in [-0.15, -0.1) is 0 Å². The Morgan fingerprint density at radius 2 is 0.628 bits per heavy atom. The second-order valence-corrected chi connectivity index (χ2v) is 24.4. The fourth-order valence-corrected chi connectivity index (χ4v) is 15.3. The largest absolute Gasteiger partial charge is 0.355 e. The third kappa shape index (κ3) is 8.67. The Morgan fingerprint density at radius 3 is 0.988 bits per heavy atom. The minimum atomic E-state index is 0.828. The molecular formula is C78H82N8. The van der Waals surface area contributed by atoms with Gasteiger partial charge in [0.1, 0.15) is 0 Å². The van der Waals surface area contributed by atoms with Crippen molar-refractivity contribution in [3.8, 4) is 22.3 Å². The van der Waals surface area contributed by atoms with Crippen LogP contribution in [0.4, 0.5) is 0 Å². The molecule has 8 nitrogen and oxygen atoms in total. The molecule has 4 aliphatic heterocycles. The van der Waals surface area contributed by atoms with Crippen molar-refractivity contribution in [2.75, 3.05) is 0 Å². The fourth-order valence-electron chi connectivity index (χ4n) is 15.3. The number of benzene rings is 3. The van der Waals surface area contributed by atoms with Gasteiger partial charge in [0.15, 0.2) is 0 Å². The second-order valence-electron chi connectivity index (χ2n) is 24.4. The van der Waals surface area contributed by atoms with Gasteiger partial charge < -0.3 is 19.9 Å². The number of fused-ring (bicyclic) bond motifs is 18. The Labute approximate surface area is 506 Å². The van der Waals surface area contributed by atoms with Crippen LogP contribution in [0.2, 0.25) is 0 Å². The summed E-state index contributed by atoms with van der Waals surface area (Å²) in [6.07, 6.45) is 6.97. The van der Waals surface area contributed by atoms with E-state index in [4.69, 9.17) is 19.9 Å². The van der Waals surface area contributed by atoms with Crippen LogP contribution in [0, 0.1) is 27.7 Å². The third-order valence-electron chi connectivity index (χ3n) is 20.1. The first-order valence-electron chi connectivity index (χ1n) is 31.9. The van der Waals surface area contributed by atoms with Crippen molar-refractivity contribution in [2.24, 2.45) is 0 Å². The van der Waals surface area contributed by atoms with Crippen LogP contribution in [0.15, 0.2) is 84.9 Å². The molecule has 4 aliphatic rings. The Kier molecular flexibility index (Phi) is 14.3. The third-order valence-corrected chi connectivity index (χ3v) is 20.1. The van der Waals surface area contributed by atoms with E-state index in [-0.39, 0.29) is 0 Å². The zero-order valence-electron chi connectivity index (χ0n) is 53.5. The lowest BCUT2D eigenvalue weighted by Gasteiger charge is -2.16. The molecule has 9 aromatic rings. The van der Waals surface area contributed by atoms with Crippen LogP contribution in [-0.2, 0) is 25.7 Å². The first-order chi connectivity index (χ1) is 41.6. The number of nitrogens with one attached hydrogen (secondary N) is 4. The first kappa shape index (κ1) is 56.5. The summed E-state index contributed by atoms with van der Waals surface area (Å²) in [5, 5.41) is 4.68. The molecule has 0 atom stereocenters. The van der Waals surface area contributed by atoms with Crippen LogP contribution < -0.4 is 0 Å². The van der Waals surface area contributed by atoms with E-state index in [1.165, 1.54) is 111 Å². The molecule has 0 saturated carbocycles. The molecule has 13 rings (SSSR count). The number of hydrogen-bond donors (Lipinski definition) is 4. The molecule has 0 radical (unpaired) electrons. The molecule has 4 N–H and O–H groups in total. The summed E-state index contributed by atoms with van der Waals surface area (Å²) in [6.45, 7) is 36.3. The number of allylic oxidation sites excluding steroid dienone is 8. The highest BCUT2D eigenvalue weighted by Crippen LogP contribution is 2.48. The molecule has 6 aromatic heterocycles. The van der Waals surface area contributed by atoms with Gasteiger partial charge in [-0.3, -0.25) is 0 Å². The molecule has 16 bridgehead atoms. The summed E-state index contributed by atoms with van der Waals surface area (Å²) in [7, 11) is 0. The molecule has 0 aliphatic carbocycles. The van der Waals surface area contributed by atoms with E-state index in [0.717, 1.165) is 163 Å². The summed E-state index contributed by atoms with van der Waals surface area (Å²) >= 11 is 0. The topological polar surface area (TPSA) is 115 Å². The Bertz CT molecular complexity index is 4620. The van der Waals surface area contributed by atoms with Gasteiger partial charge in [-0.05, 0) is 277 Å². The maximum atomic E-state index is 5.84. The minimum absolute atomic E-state index is 0.828. The molecule has 434 valence electrons. The number of rotatable bonds is 10. The molecule has 3 aromatic carbocycles. The molecule has 8 heteroatoms. The monoisotopic (exact) mass is 1130 g/mol. The van der Waals surface area contributed by atoms with Crippen molar-refractivity contribution < 1.29 is 0 Å². The first-order valence-corrected chi connectivity index (χ1v) is 31.9. The number of aromatic amines is 4. The SMILES string of the molecule is CCC1=C(C)c2cc3[nH]c(c(C)c3CC)c(-c3cccc4cc5cccc(-c6c7nc(cc8[nH]c(cc9nc(cc%10[nH]c6c(C)c%10CC)C(C)=C9CC)c(C)c8CC)C(C)=C7CC)c5cc34)c3nc(cc4[nH]c(cc1n2)c(C)c4CC)C(C)=C3CC. The standard InChI is InChI=1S/C78H82N8/c1-17-49-41(11)63-35-71-53(21-5)45(15)75(85-71)73(77-55(23-7)43(13)65(83-77)37-69-51(19-3)39(9)61(79-69)33-67(49)81-63)57-29-25-27-47-31-48-28-26-30-58(60(48)32-59(47)57)74-76-46(16)54(22-6)72(86-76)36-64-42(12)50(18-2)68(82-64)34-62-40(10)52(20-4)70(80-62)38-66-44(14)56(24-8)78(74)84-66/h25-38,79-80,85-86H,17-24H2,1-16H3. The Morgan fingerprint density at radius 1 is 0.302 bits per heavy atom. The van der Waals surface area contributed by atoms with Crippen molar-refractivity contribution in [2.45, 2.75) is 162 Å². The van der Waals surface area contributed by atoms with Crippen molar-refractivity contribution in [3.63, 3.8) is 0 Å². The van der Waals surface area contributed by atoms with Crippen LogP contribution in [0.1, 0.15) is 199 Å². The molecule has 10 heterocycles. The van der Waals surface area contributed by atoms with Crippen LogP contribution in [-0.4, -0.2) is 39.9 Å². The Hall–Kier alpha value is -8.62. The van der Waals surface area contributed by atoms with Gasteiger partial charge in [-0.25, -0.2) is 19.9 Å². The number of hydrogen-bond acceptors (Lipinski definition) is 4. The van der Waals surface area contributed by atoms with E-state index in [2.05, 4.69) is 216 Å². The zero-order valence-corrected chi connectivity index (χ0v) is 53.5. The van der Waals surface area contributed by atoms with Gasteiger partial charge >= 0.3 is 0 Å². The van der Waals surface area contributed by atoms with Crippen LogP contribution >= 0.6 is 0 Å². The van der Waals surface area contributed by atoms with E-state index in [9.17, 15) is 0 Å². The van der Waals surface area contributed by atoms with Gasteiger partial charge in [-0.1, -0.05) is 91.8 Å². The molecule has 0 unspecified atom stereocenters. The quantitative estimate of drug-likeness (QED) is 0.102. The minimum Gasteiger partial charge on any atom is -0.355 e. The van der Waals surface area contributed by atoms with E-state index in [1.54, 1.807) is 0 Å². The molecule has 0 fully saturated rings. The predicted molar refractivity (Wildman–Crippen MR) is 369 cm³/mol. The van der Waals surface area contributed by atoms with Gasteiger partial charge in [0.2, 0.25) is 0 Å². The second kappa shape index (κ2) is 21.7. The maximum absolute atomic E-state index is 5.84. The number of nitrogens with zero attached hydrogens (tertiary/aromatic N) is 4. The summed E-state index contributed by atoms with van der Waals surface area (Å²) in [6, 6.07) is 32.5. The fraction of sp³-hybridized carbons (Fsp3) is 0.308. The summed E-state index contributed by atoms with van der Waals surface area (Å²) in [4.78, 5) is 38.6. The molecule has 0 spiro atoms. The highest BCUT2D eigenvalue weighted by Gasteiger charge is 2.28. The summed E-state index contributed by atoms with van der Waals surface area (Å²) in [5.41, 5.74) is 41.6. The van der Waals surface area contributed by atoms with Crippen LogP contribution in [0.25, 0.3) is 133 Å². The van der Waals surface area contributed by atoms with Gasteiger partial charge in [0, 0.05) is 44.2 Å². The zero-order chi connectivity index (χ0) is 60.3. The van der Waals surface area contributed by atoms with Crippen molar-refractivity contribution >= 4 is 110 Å². The number of H-pyrrole nitrogens is 4. The average molecular weight is 1130 g/mol. The van der Waals surface area contributed by atoms with Gasteiger partial charge in [0.05, 0.1) is 56.6 Å². The van der Waals surface area contributed by atoms with E-state index < -0.39 is 0 Å². The van der Waals surface area contributed by atoms with Crippen LogP contribution in [0.3, 0.4) is 0 Å². The lowest BCUT2D eigenvalue weighted by molar-refractivity contribution is 1.14. The van der Waals surface area contributed by atoms with Crippen molar-refractivity contribution in [1.29, 1.82) is 0 Å².